The molecule has 0 radical (unpaired) electrons. The van der Waals surface area contributed by atoms with Crippen LogP contribution in [0, 0.1) is 0 Å². The lowest BCUT2D eigenvalue weighted by atomic mass is 10.1. The average molecular weight is 507 g/mol. The molecule has 186 valence electrons. The highest BCUT2D eigenvalue weighted by molar-refractivity contribution is 7.91. The Morgan fingerprint density at radius 3 is 2.26 bits per heavy atom. The molecular weight excluding hydrogens is 481 g/mol. The Kier molecular flexibility index (Phi) is 6.18. The van der Waals surface area contributed by atoms with Crippen molar-refractivity contribution < 1.29 is 26.4 Å². The van der Waals surface area contributed by atoms with Gasteiger partial charge in [-0.1, -0.05) is 30.3 Å². The molecule has 0 atom stereocenters. The zero-order chi connectivity index (χ0) is 25.6. The van der Waals surface area contributed by atoms with Crippen LogP contribution in [-0.2, 0) is 22.6 Å². The van der Waals surface area contributed by atoms with Crippen molar-refractivity contribution in [2.75, 3.05) is 18.9 Å². The number of halogens is 3. The summed E-state index contributed by atoms with van der Waals surface area (Å²) in [6.45, 7) is 4.10. The van der Waals surface area contributed by atoms with Crippen LogP contribution >= 0.6 is 0 Å². The van der Waals surface area contributed by atoms with E-state index in [0.717, 1.165) is 12.1 Å². The van der Waals surface area contributed by atoms with E-state index in [1.54, 1.807) is 18.2 Å². The lowest BCUT2D eigenvalue weighted by molar-refractivity contribution is -0.137. The predicted octanol–water partition coefficient (Wildman–Crippen LogP) is 4.17. The third-order valence-corrected chi connectivity index (χ3v) is 7.52. The van der Waals surface area contributed by atoms with Crippen LogP contribution in [0.1, 0.15) is 35.3 Å². The molecule has 2 aromatic carbocycles. The lowest BCUT2D eigenvalue weighted by Gasteiger charge is -2.34. The summed E-state index contributed by atoms with van der Waals surface area (Å²) >= 11 is 0. The van der Waals surface area contributed by atoms with E-state index >= 15 is 0 Å². The summed E-state index contributed by atoms with van der Waals surface area (Å²) in [6, 6.07) is 12.2. The SMILES string of the molecule is CN1NC(C)(C)CNc2cn(Cc3ccc(C(F)(F)F)cc3)c(S(=O)(=O)c3ccccc3)c2C1=O. The van der Waals surface area contributed by atoms with Crippen LogP contribution in [-0.4, -0.2) is 43.0 Å². The summed E-state index contributed by atoms with van der Waals surface area (Å²) in [5.41, 5.74) is 2.48. The van der Waals surface area contributed by atoms with Gasteiger partial charge in [-0.3, -0.25) is 9.80 Å². The van der Waals surface area contributed by atoms with Gasteiger partial charge < -0.3 is 9.88 Å². The second kappa shape index (κ2) is 8.72. The molecule has 1 aliphatic rings. The van der Waals surface area contributed by atoms with E-state index in [0.29, 0.717) is 17.8 Å². The molecule has 11 heteroatoms. The first-order chi connectivity index (χ1) is 16.3. The fourth-order valence-corrected chi connectivity index (χ4v) is 5.65. The first-order valence-corrected chi connectivity index (χ1v) is 12.3. The summed E-state index contributed by atoms with van der Waals surface area (Å²) < 4.78 is 67.9. The molecule has 1 amide bonds. The standard InChI is InChI=1S/C24H25F3N4O3S/c1-23(2)15-28-19-14-31(13-16-9-11-17(12-10-16)24(25,26)27)22(20(19)21(32)30(3)29-23)35(33,34)18-7-5-4-6-8-18/h4-12,14,28-29H,13,15H2,1-3H3. The van der Waals surface area contributed by atoms with Crippen molar-refractivity contribution in [3.05, 3.63) is 77.5 Å². The minimum atomic E-state index is -4.48. The highest BCUT2D eigenvalue weighted by Crippen LogP contribution is 2.34. The molecule has 0 saturated heterocycles. The van der Waals surface area contributed by atoms with Gasteiger partial charge >= 0.3 is 6.18 Å². The van der Waals surface area contributed by atoms with Gasteiger partial charge in [0.15, 0.2) is 5.03 Å². The number of nitrogens with zero attached hydrogens (tertiary/aromatic N) is 2. The highest BCUT2D eigenvalue weighted by atomic mass is 32.2. The monoisotopic (exact) mass is 506 g/mol. The highest BCUT2D eigenvalue weighted by Gasteiger charge is 2.37. The number of hydrogen-bond acceptors (Lipinski definition) is 5. The first-order valence-electron chi connectivity index (χ1n) is 10.8. The van der Waals surface area contributed by atoms with E-state index in [1.807, 2.05) is 13.8 Å². The maximum Gasteiger partial charge on any atom is 0.416 e. The van der Waals surface area contributed by atoms with Crippen LogP contribution in [0.5, 0.6) is 0 Å². The van der Waals surface area contributed by atoms with Gasteiger partial charge in [0.1, 0.15) is 5.56 Å². The number of sulfone groups is 1. The van der Waals surface area contributed by atoms with Crippen molar-refractivity contribution in [1.29, 1.82) is 0 Å². The normalized spacial score (nSPS) is 16.3. The molecule has 0 unspecified atom stereocenters. The summed E-state index contributed by atoms with van der Waals surface area (Å²) in [5, 5.41) is 4.19. The number of aromatic nitrogens is 1. The number of benzene rings is 2. The molecule has 3 aromatic rings. The van der Waals surface area contributed by atoms with Gasteiger partial charge in [0.05, 0.1) is 16.1 Å². The molecule has 0 fully saturated rings. The Bertz CT molecular complexity index is 1350. The Hall–Kier alpha value is -3.31. The molecule has 0 aliphatic carbocycles. The van der Waals surface area contributed by atoms with Gasteiger partial charge in [0.2, 0.25) is 9.84 Å². The lowest BCUT2D eigenvalue weighted by Crippen LogP contribution is -2.56. The Labute approximate surface area is 201 Å². The van der Waals surface area contributed by atoms with E-state index in [-0.39, 0.29) is 22.0 Å². The Balaban J connectivity index is 1.88. The molecule has 7 nitrogen and oxygen atoms in total. The van der Waals surface area contributed by atoms with Crippen molar-refractivity contribution in [2.24, 2.45) is 0 Å². The number of fused-ring (bicyclic) bond motifs is 1. The van der Waals surface area contributed by atoms with Crippen molar-refractivity contribution in [3.63, 3.8) is 0 Å². The number of carbonyl (C=O) groups excluding carboxylic acids is 1. The summed E-state index contributed by atoms with van der Waals surface area (Å²) in [5.74, 6) is -0.555. The molecule has 4 rings (SSSR count). The quantitative estimate of drug-likeness (QED) is 0.555. The number of carbonyl (C=O) groups is 1. The van der Waals surface area contributed by atoms with Crippen molar-refractivity contribution >= 4 is 21.4 Å². The van der Waals surface area contributed by atoms with Gasteiger partial charge in [-0.05, 0) is 43.7 Å². The van der Waals surface area contributed by atoms with Crippen LogP contribution < -0.4 is 10.7 Å². The van der Waals surface area contributed by atoms with E-state index in [4.69, 9.17) is 0 Å². The number of amides is 1. The van der Waals surface area contributed by atoms with E-state index in [2.05, 4.69) is 10.7 Å². The number of rotatable bonds is 4. The fraction of sp³-hybridized carbons (Fsp3) is 0.292. The van der Waals surface area contributed by atoms with Gasteiger partial charge in [-0.25, -0.2) is 13.8 Å². The van der Waals surface area contributed by atoms with E-state index in [9.17, 15) is 26.4 Å². The first kappa shape index (κ1) is 24.8. The van der Waals surface area contributed by atoms with Gasteiger partial charge in [0, 0.05) is 31.9 Å². The van der Waals surface area contributed by atoms with Crippen molar-refractivity contribution in [1.82, 2.24) is 15.0 Å². The van der Waals surface area contributed by atoms with Gasteiger partial charge in [0.25, 0.3) is 5.91 Å². The van der Waals surface area contributed by atoms with Crippen LogP contribution in [0.25, 0.3) is 0 Å². The number of nitrogens with one attached hydrogen (secondary N) is 2. The molecule has 2 N–H and O–H groups in total. The third-order valence-electron chi connectivity index (χ3n) is 5.68. The summed E-state index contributed by atoms with van der Waals surface area (Å²) in [4.78, 5) is 13.4. The van der Waals surface area contributed by atoms with Crippen molar-refractivity contribution in [3.8, 4) is 0 Å². The maximum absolute atomic E-state index is 13.8. The Morgan fingerprint density at radius 2 is 1.66 bits per heavy atom. The minimum absolute atomic E-state index is 0.000343. The topological polar surface area (TPSA) is 83.4 Å². The summed E-state index contributed by atoms with van der Waals surface area (Å²) in [7, 11) is -2.65. The smallest absolute Gasteiger partial charge is 0.381 e. The number of hydrogen-bond donors (Lipinski definition) is 2. The molecular formula is C24H25F3N4O3S. The summed E-state index contributed by atoms with van der Waals surface area (Å²) in [6.07, 6.45) is -2.96. The largest absolute Gasteiger partial charge is 0.416 e. The van der Waals surface area contributed by atoms with Crippen LogP contribution in [0.4, 0.5) is 18.9 Å². The van der Waals surface area contributed by atoms with E-state index in [1.165, 1.54) is 47.1 Å². The van der Waals surface area contributed by atoms with Crippen LogP contribution in [0.15, 0.2) is 70.7 Å². The average Bonchev–Trinajstić information content (AvgIpc) is 3.15. The molecule has 2 heterocycles. The molecule has 1 aromatic heterocycles. The number of hydrazine groups is 1. The molecule has 35 heavy (non-hydrogen) atoms. The second-order valence-corrected chi connectivity index (χ2v) is 10.9. The molecule has 0 bridgehead atoms. The molecule has 0 spiro atoms. The molecule has 1 aliphatic heterocycles. The maximum atomic E-state index is 13.8. The van der Waals surface area contributed by atoms with Crippen LogP contribution in [0.3, 0.4) is 0 Å². The van der Waals surface area contributed by atoms with Crippen molar-refractivity contribution in [2.45, 2.75) is 42.0 Å². The zero-order valence-corrected chi connectivity index (χ0v) is 20.2. The van der Waals surface area contributed by atoms with E-state index < -0.39 is 33.0 Å². The van der Waals surface area contributed by atoms with Crippen LogP contribution in [0.2, 0.25) is 0 Å². The third kappa shape index (κ3) is 4.92. The number of alkyl halides is 3. The molecule has 0 saturated carbocycles. The predicted molar refractivity (Wildman–Crippen MR) is 125 cm³/mol. The Morgan fingerprint density at radius 1 is 1.03 bits per heavy atom. The fourth-order valence-electron chi connectivity index (χ4n) is 4.02. The zero-order valence-electron chi connectivity index (χ0n) is 19.3. The number of anilines is 1. The van der Waals surface area contributed by atoms with Gasteiger partial charge in [-0.15, -0.1) is 0 Å². The minimum Gasteiger partial charge on any atom is -0.381 e. The van der Waals surface area contributed by atoms with Gasteiger partial charge in [-0.2, -0.15) is 13.2 Å². The second-order valence-electron chi connectivity index (χ2n) is 9.08.